The highest BCUT2D eigenvalue weighted by atomic mass is 15.3. The molecule has 28 heavy (non-hydrogen) atoms. The van der Waals surface area contributed by atoms with Gasteiger partial charge >= 0.3 is 0 Å². The highest BCUT2D eigenvalue weighted by Gasteiger charge is 2.16. The van der Waals surface area contributed by atoms with E-state index in [1.807, 2.05) is 51.0 Å². The smallest absolute Gasteiger partial charge is 0.116 e. The van der Waals surface area contributed by atoms with Crippen molar-refractivity contribution >= 4 is 10.9 Å². The zero-order chi connectivity index (χ0) is 19.1. The maximum absolute atomic E-state index is 4.64. The van der Waals surface area contributed by atoms with E-state index in [1.54, 1.807) is 21.9 Å². The van der Waals surface area contributed by atoms with Gasteiger partial charge in [0.15, 0.2) is 0 Å². The Morgan fingerprint density at radius 1 is 0.821 bits per heavy atom. The molecule has 0 saturated heterocycles. The Morgan fingerprint density at radius 3 is 2.54 bits per heavy atom. The van der Waals surface area contributed by atoms with Gasteiger partial charge in [0, 0.05) is 61.0 Å². The summed E-state index contributed by atoms with van der Waals surface area (Å²) in [6, 6.07) is 10.1. The second kappa shape index (κ2) is 6.38. The monoisotopic (exact) mass is 367 g/mol. The first-order chi connectivity index (χ1) is 13.7. The molecule has 136 valence electrons. The van der Waals surface area contributed by atoms with Gasteiger partial charge in [-0.15, -0.1) is 0 Å². The van der Waals surface area contributed by atoms with E-state index in [-0.39, 0.29) is 0 Å². The van der Waals surface area contributed by atoms with E-state index in [0.29, 0.717) is 0 Å². The van der Waals surface area contributed by atoms with Gasteiger partial charge in [-0.1, -0.05) is 6.07 Å². The van der Waals surface area contributed by atoms with Gasteiger partial charge in [-0.3, -0.25) is 14.3 Å². The standard InChI is InChI=1S/C21H17N7/c1-27-11-16(10-25-27)14-5-6-17-19(8-14)23-13-24-21(17)18-12-28(2)26-20(18)15-4-3-7-22-9-15/h3-13H,1-2H3. The molecular formula is C21H17N7. The van der Waals surface area contributed by atoms with Gasteiger partial charge in [-0.25, -0.2) is 9.97 Å². The van der Waals surface area contributed by atoms with E-state index in [0.717, 1.165) is 44.5 Å². The molecule has 0 N–H and O–H groups in total. The fourth-order valence-electron chi connectivity index (χ4n) is 3.40. The van der Waals surface area contributed by atoms with Crippen LogP contribution in [0, 0.1) is 0 Å². The molecule has 7 nitrogen and oxygen atoms in total. The van der Waals surface area contributed by atoms with Gasteiger partial charge in [-0.2, -0.15) is 10.2 Å². The third-order valence-corrected chi connectivity index (χ3v) is 4.69. The first-order valence-electron chi connectivity index (χ1n) is 8.87. The molecule has 5 aromatic rings. The summed E-state index contributed by atoms with van der Waals surface area (Å²) >= 11 is 0. The van der Waals surface area contributed by atoms with E-state index < -0.39 is 0 Å². The number of rotatable bonds is 3. The molecule has 7 heteroatoms. The van der Waals surface area contributed by atoms with Crippen molar-refractivity contribution < 1.29 is 0 Å². The molecule has 4 heterocycles. The van der Waals surface area contributed by atoms with Crippen LogP contribution in [-0.2, 0) is 14.1 Å². The van der Waals surface area contributed by atoms with Gasteiger partial charge in [-0.05, 0) is 29.8 Å². The Balaban J connectivity index is 1.69. The van der Waals surface area contributed by atoms with Crippen LogP contribution < -0.4 is 0 Å². The Kier molecular flexibility index (Phi) is 3.72. The number of fused-ring (bicyclic) bond motifs is 1. The number of aromatic nitrogens is 7. The second-order valence-electron chi connectivity index (χ2n) is 6.66. The summed E-state index contributed by atoms with van der Waals surface area (Å²) in [6.07, 6.45) is 11.0. The lowest BCUT2D eigenvalue weighted by Gasteiger charge is -2.07. The summed E-state index contributed by atoms with van der Waals surface area (Å²) in [5.41, 5.74) is 6.63. The van der Waals surface area contributed by atoms with Crippen molar-refractivity contribution in [3.8, 4) is 33.6 Å². The van der Waals surface area contributed by atoms with Crippen LogP contribution in [0.5, 0.6) is 0 Å². The van der Waals surface area contributed by atoms with Crippen molar-refractivity contribution in [2.45, 2.75) is 0 Å². The Bertz CT molecular complexity index is 1280. The van der Waals surface area contributed by atoms with Gasteiger partial charge in [0.25, 0.3) is 0 Å². The predicted octanol–water partition coefficient (Wildman–Crippen LogP) is 3.49. The van der Waals surface area contributed by atoms with Crippen molar-refractivity contribution in [2.24, 2.45) is 14.1 Å². The summed E-state index contributed by atoms with van der Waals surface area (Å²) in [4.78, 5) is 13.3. The maximum atomic E-state index is 4.64. The van der Waals surface area contributed by atoms with Crippen LogP contribution in [0.15, 0.2) is 67.6 Å². The van der Waals surface area contributed by atoms with Gasteiger partial charge in [0.1, 0.15) is 12.0 Å². The Labute approximate surface area is 161 Å². The fraction of sp³-hybridized carbons (Fsp3) is 0.0952. The van der Waals surface area contributed by atoms with Gasteiger partial charge < -0.3 is 0 Å². The average Bonchev–Trinajstić information content (AvgIpc) is 3.33. The minimum atomic E-state index is 0.854. The normalized spacial score (nSPS) is 11.2. The maximum Gasteiger partial charge on any atom is 0.116 e. The largest absolute Gasteiger partial charge is 0.275 e. The Morgan fingerprint density at radius 2 is 1.75 bits per heavy atom. The molecule has 0 amide bonds. The number of aryl methyl sites for hydroxylation is 2. The third-order valence-electron chi connectivity index (χ3n) is 4.69. The first-order valence-corrected chi connectivity index (χ1v) is 8.87. The first kappa shape index (κ1) is 16.3. The molecule has 0 aliphatic heterocycles. The van der Waals surface area contributed by atoms with Crippen LogP contribution in [0.2, 0.25) is 0 Å². The highest BCUT2D eigenvalue weighted by molar-refractivity contribution is 5.97. The molecule has 0 atom stereocenters. The van der Waals surface area contributed by atoms with E-state index in [4.69, 9.17) is 0 Å². The predicted molar refractivity (Wildman–Crippen MR) is 107 cm³/mol. The van der Waals surface area contributed by atoms with Crippen LogP contribution in [0.3, 0.4) is 0 Å². The molecule has 0 aliphatic carbocycles. The molecule has 0 bridgehead atoms. The summed E-state index contributed by atoms with van der Waals surface area (Å²) in [5, 5.41) is 9.87. The summed E-state index contributed by atoms with van der Waals surface area (Å²) in [5.74, 6) is 0. The van der Waals surface area contributed by atoms with Crippen LogP contribution in [-0.4, -0.2) is 34.5 Å². The van der Waals surface area contributed by atoms with Gasteiger partial charge in [0.05, 0.1) is 17.4 Å². The molecule has 4 aromatic heterocycles. The molecule has 0 fully saturated rings. The lowest BCUT2D eigenvalue weighted by Crippen LogP contribution is -1.91. The third kappa shape index (κ3) is 2.73. The molecule has 0 radical (unpaired) electrons. The molecule has 0 aliphatic rings. The number of hydrogen-bond acceptors (Lipinski definition) is 5. The summed E-state index contributed by atoms with van der Waals surface area (Å²) < 4.78 is 3.59. The van der Waals surface area contributed by atoms with Crippen molar-refractivity contribution in [3.05, 3.63) is 67.6 Å². The second-order valence-corrected chi connectivity index (χ2v) is 6.66. The zero-order valence-corrected chi connectivity index (χ0v) is 15.5. The fourth-order valence-corrected chi connectivity index (χ4v) is 3.40. The lowest BCUT2D eigenvalue weighted by molar-refractivity contribution is 0.768. The molecule has 5 rings (SSSR count). The van der Waals surface area contributed by atoms with Crippen molar-refractivity contribution in [1.29, 1.82) is 0 Å². The lowest BCUT2D eigenvalue weighted by atomic mass is 10.0. The van der Waals surface area contributed by atoms with Crippen molar-refractivity contribution in [1.82, 2.24) is 34.5 Å². The number of pyridine rings is 1. The minimum absolute atomic E-state index is 0.854. The number of hydrogen-bond donors (Lipinski definition) is 0. The van der Waals surface area contributed by atoms with Crippen LogP contribution in [0.1, 0.15) is 0 Å². The van der Waals surface area contributed by atoms with E-state index in [9.17, 15) is 0 Å². The quantitative estimate of drug-likeness (QED) is 0.488. The van der Waals surface area contributed by atoms with Crippen LogP contribution >= 0.6 is 0 Å². The zero-order valence-electron chi connectivity index (χ0n) is 15.5. The van der Waals surface area contributed by atoms with Gasteiger partial charge in [0.2, 0.25) is 0 Å². The minimum Gasteiger partial charge on any atom is -0.275 e. The molecule has 1 aromatic carbocycles. The SMILES string of the molecule is Cn1cc(-c2ccc3c(-c4cn(C)nc4-c4cccnc4)ncnc3c2)cn1. The van der Waals surface area contributed by atoms with E-state index >= 15 is 0 Å². The highest BCUT2D eigenvalue weighted by Crippen LogP contribution is 2.34. The molecule has 0 saturated carbocycles. The molecule has 0 spiro atoms. The van der Waals surface area contributed by atoms with Crippen LogP contribution in [0.25, 0.3) is 44.5 Å². The Hall–Kier alpha value is -3.87. The average molecular weight is 367 g/mol. The topological polar surface area (TPSA) is 74.3 Å². The van der Waals surface area contributed by atoms with Crippen molar-refractivity contribution in [2.75, 3.05) is 0 Å². The van der Waals surface area contributed by atoms with Crippen LogP contribution in [0.4, 0.5) is 0 Å². The van der Waals surface area contributed by atoms with E-state index in [1.165, 1.54) is 0 Å². The summed E-state index contributed by atoms with van der Waals surface area (Å²) in [7, 11) is 3.82. The summed E-state index contributed by atoms with van der Waals surface area (Å²) in [6.45, 7) is 0. The molecule has 0 unspecified atom stereocenters. The van der Waals surface area contributed by atoms with E-state index in [2.05, 4.69) is 43.3 Å². The van der Waals surface area contributed by atoms with Crippen molar-refractivity contribution in [3.63, 3.8) is 0 Å². The number of nitrogens with zero attached hydrogens (tertiary/aromatic N) is 7. The molecular weight excluding hydrogens is 350 g/mol. The number of benzene rings is 1.